The molecule has 0 rings (SSSR count). The van der Waals surface area contributed by atoms with E-state index < -0.39 is 22.4 Å². The highest BCUT2D eigenvalue weighted by Crippen LogP contribution is 2.28. The molecule has 0 aromatic rings. The Bertz CT molecular complexity index is 331. The molecule has 0 aliphatic heterocycles. The van der Waals surface area contributed by atoms with Crippen LogP contribution in [0.25, 0.3) is 0 Å². The van der Waals surface area contributed by atoms with Crippen molar-refractivity contribution in [2.24, 2.45) is 0 Å². The highest BCUT2D eigenvalue weighted by molar-refractivity contribution is 4.89. The van der Waals surface area contributed by atoms with Crippen LogP contribution in [0.4, 0.5) is 0 Å². The van der Waals surface area contributed by atoms with Crippen molar-refractivity contribution in [3.63, 3.8) is 0 Å². The van der Waals surface area contributed by atoms with Crippen molar-refractivity contribution < 1.29 is 19.6 Å². The summed E-state index contributed by atoms with van der Waals surface area (Å²) in [7, 11) is 0. The van der Waals surface area contributed by atoms with Crippen molar-refractivity contribution in [1.29, 1.82) is 0 Å². The minimum Gasteiger partial charge on any atom is -0.230 e. The van der Waals surface area contributed by atoms with Gasteiger partial charge in [-0.2, -0.15) is 0 Å². The Morgan fingerprint density at radius 3 is 1.09 bits per heavy atom. The molecule has 4 nitrogen and oxygen atoms in total. The average Bonchev–Trinajstić information content (AvgIpc) is 2.42. The molecule has 0 unspecified atom stereocenters. The summed E-state index contributed by atoms with van der Waals surface area (Å²) < 4.78 is 0. The van der Waals surface area contributed by atoms with Crippen LogP contribution in [0.5, 0.6) is 0 Å². The van der Waals surface area contributed by atoms with Crippen molar-refractivity contribution in [1.82, 2.24) is 0 Å². The molecule has 0 aromatic heterocycles. The first-order valence-electron chi connectivity index (χ1n) is 7.75. The maximum absolute atomic E-state index is 5.56. The van der Waals surface area contributed by atoms with E-state index in [1.54, 1.807) is 12.2 Å². The van der Waals surface area contributed by atoms with Crippen molar-refractivity contribution in [3.05, 3.63) is 25.3 Å². The van der Waals surface area contributed by atoms with Gasteiger partial charge in [0.1, 0.15) is 11.2 Å². The van der Waals surface area contributed by atoms with E-state index in [9.17, 15) is 0 Å². The second-order valence-electron chi connectivity index (χ2n) is 7.97. The molecule has 0 saturated carbocycles. The van der Waals surface area contributed by atoms with E-state index in [4.69, 9.17) is 19.6 Å². The fraction of sp³-hybridized carbons (Fsp3) is 0.778. The van der Waals surface area contributed by atoms with Crippen LogP contribution in [0.15, 0.2) is 25.3 Å². The van der Waals surface area contributed by atoms with Crippen LogP contribution in [-0.4, -0.2) is 22.4 Å². The molecule has 0 aromatic carbocycles. The largest absolute Gasteiger partial charge is 0.230 e. The summed E-state index contributed by atoms with van der Waals surface area (Å²) in [5.41, 5.74) is -1.90. The molecule has 22 heavy (non-hydrogen) atoms. The molecule has 0 heterocycles. The smallest absolute Gasteiger partial charge is 0.116 e. The van der Waals surface area contributed by atoms with E-state index in [1.807, 2.05) is 55.4 Å². The first-order valence-corrected chi connectivity index (χ1v) is 7.75. The quantitative estimate of drug-likeness (QED) is 0.300. The van der Waals surface area contributed by atoms with Gasteiger partial charge in [-0.3, -0.25) is 0 Å². The zero-order valence-corrected chi connectivity index (χ0v) is 15.6. The normalized spacial score (nSPS) is 14.0. The van der Waals surface area contributed by atoms with Gasteiger partial charge in [0.25, 0.3) is 0 Å². The Labute approximate surface area is 136 Å². The van der Waals surface area contributed by atoms with Crippen molar-refractivity contribution in [2.75, 3.05) is 0 Å². The van der Waals surface area contributed by atoms with E-state index in [0.29, 0.717) is 0 Å². The molecule has 0 atom stereocenters. The molecular weight excluding hydrogens is 280 g/mol. The number of hydrogen-bond acceptors (Lipinski definition) is 4. The molecule has 0 aliphatic carbocycles. The van der Waals surface area contributed by atoms with Gasteiger partial charge >= 0.3 is 0 Å². The van der Waals surface area contributed by atoms with Crippen LogP contribution in [0.3, 0.4) is 0 Å². The fourth-order valence-electron chi connectivity index (χ4n) is 1.19. The maximum atomic E-state index is 5.56. The Hall–Kier alpha value is -0.680. The van der Waals surface area contributed by atoms with Gasteiger partial charge in [-0.05, 0) is 68.2 Å². The standard InChI is InChI=1S/C18H34O4/c1-11-15(3,4)19-21-17(7,8)13-14-18(9,10)22-20-16(5,6)12-2/h11-12H,1-2,13-14H2,3-10H3. The SMILES string of the molecule is C=CC(C)(C)OOC(C)(C)CCC(C)(C)OOC(C)(C)C=C. The summed E-state index contributed by atoms with van der Waals surface area (Å²) in [5, 5.41) is 0. The summed E-state index contributed by atoms with van der Waals surface area (Å²) >= 11 is 0. The summed E-state index contributed by atoms with van der Waals surface area (Å²) in [6, 6.07) is 0. The Balaban J connectivity index is 4.38. The second-order valence-corrected chi connectivity index (χ2v) is 7.97. The van der Waals surface area contributed by atoms with Crippen LogP contribution >= 0.6 is 0 Å². The van der Waals surface area contributed by atoms with Crippen molar-refractivity contribution >= 4 is 0 Å². The first-order chi connectivity index (χ1) is 9.74. The van der Waals surface area contributed by atoms with E-state index in [1.165, 1.54) is 0 Å². The average molecular weight is 314 g/mol. The minimum absolute atomic E-state index is 0.436. The minimum atomic E-state index is -0.514. The third kappa shape index (κ3) is 9.36. The van der Waals surface area contributed by atoms with Gasteiger partial charge in [0.15, 0.2) is 0 Å². The van der Waals surface area contributed by atoms with Crippen LogP contribution in [0.1, 0.15) is 68.2 Å². The predicted octanol–water partition coefficient (Wildman–Crippen LogP) is 5.15. The summed E-state index contributed by atoms with van der Waals surface area (Å²) in [5.74, 6) is 0. The van der Waals surface area contributed by atoms with E-state index in [2.05, 4.69) is 13.2 Å². The topological polar surface area (TPSA) is 36.9 Å². The summed E-state index contributed by atoms with van der Waals surface area (Å²) in [4.78, 5) is 22.0. The summed E-state index contributed by atoms with van der Waals surface area (Å²) in [6.07, 6.45) is 4.93. The summed E-state index contributed by atoms with van der Waals surface area (Å²) in [6.45, 7) is 23.0. The molecule has 0 N–H and O–H groups in total. The Morgan fingerprint density at radius 2 is 0.864 bits per heavy atom. The van der Waals surface area contributed by atoms with E-state index >= 15 is 0 Å². The van der Waals surface area contributed by atoms with Gasteiger partial charge in [-0.15, -0.1) is 13.2 Å². The third-order valence-electron chi connectivity index (χ3n) is 3.28. The van der Waals surface area contributed by atoms with Gasteiger partial charge in [0.05, 0.1) is 11.2 Å². The third-order valence-corrected chi connectivity index (χ3v) is 3.28. The molecule has 0 saturated heterocycles. The number of hydrogen-bond donors (Lipinski definition) is 0. The van der Waals surface area contributed by atoms with Crippen molar-refractivity contribution in [2.45, 2.75) is 90.6 Å². The van der Waals surface area contributed by atoms with Gasteiger partial charge < -0.3 is 0 Å². The second kappa shape index (κ2) is 7.73. The predicted molar refractivity (Wildman–Crippen MR) is 90.3 cm³/mol. The molecular formula is C18H34O4. The highest BCUT2D eigenvalue weighted by atomic mass is 17.2. The van der Waals surface area contributed by atoms with Crippen LogP contribution in [0, 0.1) is 0 Å². The Kier molecular flexibility index (Phi) is 7.49. The monoisotopic (exact) mass is 314 g/mol. The Morgan fingerprint density at radius 1 is 0.591 bits per heavy atom. The molecule has 0 bridgehead atoms. The number of rotatable bonds is 11. The maximum Gasteiger partial charge on any atom is 0.116 e. The van der Waals surface area contributed by atoms with Gasteiger partial charge in [0, 0.05) is 0 Å². The van der Waals surface area contributed by atoms with Crippen LogP contribution in [0.2, 0.25) is 0 Å². The van der Waals surface area contributed by atoms with Gasteiger partial charge in [0.2, 0.25) is 0 Å². The lowest BCUT2D eigenvalue weighted by atomic mass is 9.94. The molecule has 0 amide bonds. The van der Waals surface area contributed by atoms with Crippen LogP contribution in [-0.2, 0) is 19.6 Å². The molecule has 0 radical (unpaired) electrons. The highest BCUT2D eigenvalue weighted by Gasteiger charge is 2.30. The molecule has 0 aliphatic rings. The first kappa shape index (κ1) is 21.3. The fourth-order valence-corrected chi connectivity index (χ4v) is 1.19. The van der Waals surface area contributed by atoms with E-state index in [-0.39, 0.29) is 0 Å². The lowest BCUT2D eigenvalue weighted by Crippen LogP contribution is -2.36. The molecule has 4 heteroatoms. The van der Waals surface area contributed by atoms with Crippen molar-refractivity contribution in [3.8, 4) is 0 Å². The zero-order chi connectivity index (χ0) is 17.7. The van der Waals surface area contributed by atoms with E-state index in [0.717, 1.165) is 12.8 Å². The van der Waals surface area contributed by atoms with Gasteiger partial charge in [-0.25, -0.2) is 19.6 Å². The molecule has 0 fully saturated rings. The lowest BCUT2D eigenvalue weighted by molar-refractivity contribution is -0.404. The van der Waals surface area contributed by atoms with Gasteiger partial charge in [-0.1, -0.05) is 12.2 Å². The lowest BCUT2D eigenvalue weighted by Gasteiger charge is -2.33. The molecule has 130 valence electrons. The zero-order valence-electron chi connectivity index (χ0n) is 15.6. The van der Waals surface area contributed by atoms with Crippen LogP contribution < -0.4 is 0 Å². The molecule has 0 spiro atoms.